The predicted octanol–water partition coefficient (Wildman–Crippen LogP) is 4.56. The van der Waals surface area contributed by atoms with Crippen molar-refractivity contribution in [1.29, 1.82) is 0 Å². The Bertz CT molecular complexity index is 1380. The number of sulfonamides is 1. The first-order valence-corrected chi connectivity index (χ1v) is 11.7. The Morgan fingerprint density at radius 3 is 1.91 bits per heavy atom. The van der Waals surface area contributed by atoms with E-state index in [1.165, 1.54) is 36.4 Å². The molecule has 0 saturated carbocycles. The second-order valence-electron chi connectivity index (χ2n) is 7.33. The highest BCUT2D eigenvalue weighted by Gasteiger charge is 2.18. The normalized spacial score (nSPS) is 11.7. The number of benzene rings is 3. The summed E-state index contributed by atoms with van der Waals surface area (Å²) in [5.41, 5.74) is 2.95. The summed E-state index contributed by atoms with van der Waals surface area (Å²) in [5.74, 6) is -0.785. The van der Waals surface area contributed by atoms with E-state index in [1.807, 2.05) is 0 Å². The molecular weight excluding hydrogens is 448 g/mol. The minimum atomic E-state index is -3.75. The smallest absolute Gasteiger partial charge is 0.240 e. The lowest BCUT2D eigenvalue weighted by atomic mass is 10.0. The molecule has 1 aromatic heterocycles. The number of nitrogens with one attached hydrogen (secondary N) is 1. The van der Waals surface area contributed by atoms with Crippen molar-refractivity contribution in [2.45, 2.75) is 11.3 Å². The first-order chi connectivity index (χ1) is 15.9. The maximum absolute atomic E-state index is 13.5. The summed E-state index contributed by atoms with van der Waals surface area (Å²) >= 11 is 0. The molecule has 170 valence electrons. The molecule has 0 aliphatic heterocycles. The number of hydrogen-bond donors (Lipinski definition) is 1. The second kappa shape index (κ2) is 9.70. The Balaban J connectivity index is 1.81. The van der Waals surface area contributed by atoms with E-state index in [9.17, 15) is 17.2 Å². The molecule has 0 unspecified atom stereocenters. The lowest BCUT2D eigenvalue weighted by molar-refractivity contribution is 0.196. The van der Waals surface area contributed by atoms with Crippen LogP contribution in [0.3, 0.4) is 0 Å². The molecule has 33 heavy (non-hydrogen) atoms. The zero-order valence-corrected chi connectivity index (χ0v) is 18.6. The zero-order valence-electron chi connectivity index (χ0n) is 17.8. The summed E-state index contributed by atoms with van der Waals surface area (Å²) in [6.45, 7) is 0.684. The van der Waals surface area contributed by atoms with Crippen molar-refractivity contribution in [3.8, 4) is 22.5 Å². The van der Waals surface area contributed by atoms with Gasteiger partial charge in [0, 0.05) is 31.4 Å². The third kappa shape index (κ3) is 5.22. The molecule has 0 aliphatic carbocycles. The van der Waals surface area contributed by atoms with E-state index in [0.717, 1.165) is 0 Å². The molecule has 9 heteroatoms. The maximum atomic E-state index is 13.5. The maximum Gasteiger partial charge on any atom is 0.240 e. The van der Waals surface area contributed by atoms with Crippen LogP contribution >= 0.6 is 0 Å². The molecule has 1 N–H and O–H groups in total. The Morgan fingerprint density at radius 1 is 0.818 bits per heavy atom. The highest BCUT2D eigenvalue weighted by molar-refractivity contribution is 7.89. The highest BCUT2D eigenvalue weighted by Crippen LogP contribution is 2.32. The van der Waals surface area contributed by atoms with Gasteiger partial charge in [0.15, 0.2) is 0 Å². The third-order valence-electron chi connectivity index (χ3n) is 5.00. The molecule has 0 fully saturated rings. The van der Waals surface area contributed by atoms with Gasteiger partial charge in [0.2, 0.25) is 10.0 Å². The van der Waals surface area contributed by atoms with Gasteiger partial charge in [0.25, 0.3) is 0 Å². The van der Waals surface area contributed by atoms with Gasteiger partial charge in [-0.25, -0.2) is 31.9 Å². The van der Waals surface area contributed by atoms with Crippen LogP contribution in [0.15, 0.2) is 71.6 Å². The highest BCUT2D eigenvalue weighted by atomic mass is 32.2. The minimum absolute atomic E-state index is 0.0568. The zero-order chi connectivity index (χ0) is 23.4. The lowest BCUT2D eigenvalue weighted by Crippen LogP contribution is -2.25. The van der Waals surface area contributed by atoms with Crippen LogP contribution in [0.2, 0.25) is 0 Å². The summed E-state index contributed by atoms with van der Waals surface area (Å²) in [4.78, 5) is 9.40. The van der Waals surface area contributed by atoms with Gasteiger partial charge in [0.1, 0.15) is 11.6 Å². The third-order valence-corrected chi connectivity index (χ3v) is 6.46. The van der Waals surface area contributed by atoms with Crippen molar-refractivity contribution in [1.82, 2.24) is 14.7 Å². The van der Waals surface area contributed by atoms with E-state index < -0.39 is 15.8 Å². The van der Waals surface area contributed by atoms with Crippen LogP contribution in [0.4, 0.5) is 8.78 Å². The van der Waals surface area contributed by atoms with E-state index in [1.54, 1.807) is 37.4 Å². The van der Waals surface area contributed by atoms with Gasteiger partial charge in [-0.3, -0.25) is 0 Å². The van der Waals surface area contributed by atoms with Crippen LogP contribution in [0.5, 0.6) is 0 Å². The van der Waals surface area contributed by atoms with Crippen LogP contribution < -0.4 is 4.72 Å². The number of nitrogens with zero attached hydrogens (tertiary/aromatic N) is 2. The second-order valence-corrected chi connectivity index (χ2v) is 9.10. The summed E-state index contributed by atoms with van der Waals surface area (Å²) in [7, 11) is -2.20. The van der Waals surface area contributed by atoms with Crippen molar-refractivity contribution in [3.63, 3.8) is 0 Å². The van der Waals surface area contributed by atoms with Gasteiger partial charge < -0.3 is 4.74 Å². The summed E-state index contributed by atoms with van der Waals surface area (Å²) in [6, 6.07) is 16.0. The molecule has 4 rings (SSSR count). The van der Waals surface area contributed by atoms with Crippen molar-refractivity contribution >= 4 is 21.1 Å². The molecule has 3 aromatic carbocycles. The van der Waals surface area contributed by atoms with Crippen LogP contribution in [0.1, 0.15) is 6.42 Å². The van der Waals surface area contributed by atoms with Gasteiger partial charge in [-0.05, 0) is 73.2 Å². The van der Waals surface area contributed by atoms with E-state index in [2.05, 4.69) is 14.7 Å². The standard InChI is InChI=1S/C24H21F2N3O3S/c1-32-14-2-13-27-33(30,31)20-11-12-21-22(15-20)29-24(17-5-9-19(26)10-6-17)23(28-21)16-3-7-18(25)8-4-16/h3-12,15,27H,2,13-14H2,1H3. The molecule has 0 spiro atoms. The van der Waals surface area contributed by atoms with Crippen LogP contribution in [-0.4, -0.2) is 38.6 Å². The largest absolute Gasteiger partial charge is 0.385 e. The molecule has 1 heterocycles. The number of hydrogen-bond acceptors (Lipinski definition) is 5. The topological polar surface area (TPSA) is 81.2 Å². The van der Waals surface area contributed by atoms with E-state index in [4.69, 9.17) is 4.74 Å². The van der Waals surface area contributed by atoms with Crippen LogP contribution in [0.25, 0.3) is 33.5 Å². The van der Waals surface area contributed by atoms with Crippen LogP contribution in [-0.2, 0) is 14.8 Å². The number of fused-ring (bicyclic) bond motifs is 1. The Hall–Kier alpha value is -3.27. The summed E-state index contributed by atoms with van der Waals surface area (Å²) in [5, 5.41) is 0. The number of rotatable bonds is 8. The monoisotopic (exact) mass is 469 g/mol. The van der Waals surface area contributed by atoms with Gasteiger partial charge in [-0.2, -0.15) is 0 Å². The average molecular weight is 470 g/mol. The fourth-order valence-electron chi connectivity index (χ4n) is 3.33. The summed E-state index contributed by atoms with van der Waals surface area (Å²) < 4.78 is 59.8. The average Bonchev–Trinajstić information content (AvgIpc) is 2.82. The summed E-state index contributed by atoms with van der Waals surface area (Å²) in [6.07, 6.45) is 0.541. The molecular formula is C24H21F2N3O3S. The van der Waals surface area contributed by atoms with Gasteiger partial charge in [0.05, 0.1) is 27.3 Å². The van der Waals surface area contributed by atoms with E-state index >= 15 is 0 Å². The molecule has 0 amide bonds. The molecule has 0 bridgehead atoms. The van der Waals surface area contributed by atoms with Gasteiger partial charge in [-0.15, -0.1) is 0 Å². The van der Waals surface area contributed by atoms with E-state index in [-0.39, 0.29) is 17.3 Å². The van der Waals surface area contributed by atoms with Crippen molar-refractivity contribution < 1.29 is 21.9 Å². The Kier molecular flexibility index (Phi) is 6.73. The molecule has 0 saturated heterocycles. The fourth-order valence-corrected chi connectivity index (χ4v) is 4.42. The minimum Gasteiger partial charge on any atom is -0.385 e. The molecule has 0 aliphatic rings. The van der Waals surface area contributed by atoms with Gasteiger partial charge >= 0.3 is 0 Å². The Labute approximate surface area is 190 Å². The fraction of sp³-hybridized carbons (Fsp3) is 0.167. The lowest BCUT2D eigenvalue weighted by Gasteiger charge is -2.12. The number of aromatic nitrogens is 2. The first kappa shape index (κ1) is 22.9. The van der Waals surface area contributed by atoms with Crippen molar-refractivity contribution in [2.24, 2.45) is 0 Å². The Morgan fingerprint density at radius 2 is 1.36 bits per heavy atom. The molecule has 6 nitrogen and oxygen atoms in total. The molecule has 0 radical (unpaired) electrons. The SMILES string of the molecule is COCCCNS(=O)(=O)c1ccc2nc(-c3ccc(F)cc3)c(-c3ccc(F)cc3)nc2c1. The van der Waals surface area contributed by atoms with E-state index in [0.29, 0.717) is 46.6 Å². The van der Waals surface area contributed by atoms with Gasteiger partial charge in [-0.1, -0.05) is 0 Å². The number of ether oxygens (including phenoxy) is 1. The number of halogens is 2. The first-order valence-electron chi connectivity index (χ1n) is 10.2. The number of methoxy groups -OCH3 is 1. The van der Waals surface area contributed by atoms with Crippen molar-refractivity contribution in [3.05, 3.63) is 78.4 Å². The predicted molar refractivity (Wildman–Crippen MR) is 122 cm³/mol. The van der Waals surface area contributed by atoms with Crippen molar-refractivity contribution in [2.75, 3.05) is 20.3 Å². The molecule has 0 atom stereocenters. The van der Waals surface area contributed by atoms with Crippen LogP contribution in [0, 0.1) is 11.6 Å². The quantitative estimate of drug-likeness (QED) is 0.383. The molecule has 4 aromatic rings.